The lowest BCUT2D eigenvalue weighted by Crippen LogP contribution is -2.23. The summed E-state index contributed by atoms with van der Waals surface area (Å²) in [5, 5.41) is 0. The van der Waals surface area contributed by atoms with Crippen molar-refractivity contribution in [3.8, 4) is 0 Å². The fraction of sp³-hybridized carbons (Fsp3) is 0.667. The quantitative estimate of drug-likeness (QED) is 0.528. The monoisotopic (exact) mass is 224 g/mol. The minimum absolute atomic E-state index is 0.0305. The molecule has 16 heavy (non-hydrogen) atoms. The molecule has 2 atom stereocenters. The average Bonchev–Trinajstić information content (AvgIpc) is 2.56. The van der Waals surface area contributed by atoms with Crippen molar-refractivity contribution in [1.82, 2.24) is 0 Å². The lowest BCUT2D eigenvalue weighted by molar-refractivity contribution is -0.152. The summed E-state index contributed by atoms with van der Waals surface area (Å²) in [6, 6.07) is 0. The van der Waals surface area contributed by atoms with E-state index in [2.05, 4.69) is 0 Å². The first kappa shape index (κ1) is 11.2. The number of carbonyl (C=O) groups excluding carboxylic acids is 2. The Hall–Kier alpha value is -1.32. The van der Waals surface area contributed by atoms with Gasteiger partial charge in [0.25, 0.3) is 0 Å². The fourth-order valence-electron chi connectivity index (χ4n) is 2.10. The Morgan fingerprint density at radius 2 is 2.25 bits per heavy atom. The number of allylic oxidation sites excluding steroid dienone is 1. The molecule has 4 heteroatoms. The van der Waals surface area contributed by atoms with E-state index in [1.165, 1.54) is 0 Å². The topological polar surface area (TPSA) is 52.6 Å². The first-order valence-electron chi connectivity index (χ1n) is 5.73. The zero-order chi connectivity index (χ0) is 11.5. The second kappa shape index (κ2) is 4.68. The van der Waals surface area contributed by atoms with Gasteiger partial charge in [0.1, 0.15) is 6.10 Å². The van der Waals surface area contributed by atoms with E-state index in [1.54, 1.807) is 0 Å². The molecule has 2 heterocycles. The van der Waals surface area contributed by atoms with Crippen LogP contribution < -0.4 is 0 Å². The van der Waals surface area contributed by atoms with Crippen molar-refractivity contribution < 1.29 is 19.1 Å². The van der Waals surface area contributed by atoms with Crippen LogP contribution in [0.5, 0.6) is 0 Å². The number of rotatable bonds is 2. The molecule has 2 fully saturated rings. The van der Waals surface area contributed by atoms with Crippen LogP contribution in [0.1, 0.15) is 32.6 Å². The van der Waals surface area contributed by atoms with Gasteiger partial charge in [0.15, 0.2) is 0 Å². The highest BCUT2D eigenvalue weighted by atomic mass is 16.5. The van der Waals surface area contributed by atoms with Crippen LogP contribution in [-0.2, 0) is 19.1 Å². The molecule has 0 aromatic carbocycles. The lowest BCUT2D eigenvalue weighted by Gasteiger charge is -2.19. The van der Waals surface area contributed by atoms with E-state index in [1.807, 2.05) is 13.0 Å². The summed E-state index contributed by atoms with van der Waals surface area (Å²) >= 11 is 0. The Balaban J connectivity index is 1.92. The predicted molar refractivity (Wildman–Crippen MR) is 56.6 cm³/mol. The molecule has 0 aromatic heterocycles. The molecule has 88 valence electrons. The summed E-state index contributed by atoms with van der Waals surface area (Å²) in [6.07, 6.45) is 4.82. The van der Waals surface area contributed by atoms with Crippen LogP contribution in [0.15, 0.2) is 11.6 Å². The number of carbonyl (C=O) groups is 2. The van der Waals surface area contributed by atoms with E-state index >= 15 is 0 Å². The summed E-state index contributed by atoms with van der Waals surface area (Å²) in [7, 11) is 0. The van der Waals surface area contributed by atoms with Gasteiger partial charge in [-0.25, -0.2) is 4.79 Å². The molecule has 0 aromatic rings. The average molecular weight is 224 g/mol. The molecule has 2 rings (SSSR count). The molecule has 0 saturated carbocycles. The highest BCUT2D eigenvalue weighted by Gasteiger charge is 2.27. The first-order valence-corrected chi connectivity index (χ1v) is 5.73. The van der Waals surface area contributed by atoms with E-state index < -0.39 is 0 Å². The molecule has 2 aliphatic rings. The van der Waals surface area contributed by atoms with E-state index in [9.17, 15) is 9.59 Å². The molecule has 0 spiro atoms. The van der Waals surface area contributed by atoms with Gasteiger partial charge < -0.3 is 9.47 Å². The van der Waals surface area contributed by atoms with E-state index in [0.29, 0.717) is 25.0 Å². The van der Waals surface area contributed by atoms with Crippen molar-refractivity contribution in [2.75, 3.05) is 6.61 Å². The Morgan fingerprint density at radius 3 is 2.88 bits per heavy atom. The van der Waals surface area contributed by atoms with Crippen LogP contribution in [0, 0.1) is 5.92 Å². The highest BCUT2D eigenvalue weighted by molar-refractivity contribution is 5.90. The number of esters is 2. The van der Waals surface area contributed by atoms with E-state index in [4.69, 9.17) is 9.47 Å². The molecule has 0 aliphatic carbocycles. The highest BCUT2D eigenvalue weighted by Crippen LogP contribution is 2.24. The Kier molecular flexibility index (Phi) is 3.27. The molecule has 0 bridgehead atoms. The standard InChI is InChI=1S/C12H16O4/c1-8-7-10(12(14)16-8)5-4-9-3-2-6-15-11(9)13/h5,8-9H,2-4,6-7H2,1H3/b10-5+/t8-,9-/m0/s1. The molecular formula is C12H16O4. The van der Waals surface area contributed by atoms with Crippen LogP contribution >= 0.6 is 0 Å². The van der Waals surface area contributed by atoms with Crippen molar-refractivity contribution >= 4 is 11.9 Å². The van der Waals surface area contributed by atoms with Gasteiger partial charge in [-0.2, -0.15) is 0 Å². The van der Waals surface area contributed by atoms with Gasteiger partial charge in [-0.15, -0.1) is 0 Å². The molecule has 0 unspecified atom stereocenters. The zero-order valence-corrected chi connectivity index (χ0v) is 9.40. The largest absolute Gasteiger partial charge is 0.465 e. The lowest BCUT2D eigenvalue weighted by atomic mass is 9.96. The van der Waals surface area contributed by atoms with Crippen LogP contribution in [-0.4, -0.2) is 24.6 Å². The van der Waals surface area contributed by atoms with E-state index in [0.717, 1.165) is 12.8 Å². The Morgan fingerprint density at radius 1 is 1.44 bits per heavy atom. The summed E-state index contributed by atoms with van der Waals surface area (Å²) in [4.78, 5) is 22.7. The summed E-state index contributed by atoms with van der Waals surface area (Å²) < 4.78 is 9.99. The molecule has 4 nitrogen and oxygen atoms in total. The van der Waals surface area contributed by atoms with Gasteiger partial charge in [-0.3, -0.25) is 4.79 Å². The SMILES string of the molecule is C[C@H]1C/C(=C\C[C@@H]2CCCOC2=O)C(=O)O1. The van der Waals surface area contributed by atoms with Gasteiger partial charge in [-0.05, 0) is 26.2 Å². The molecule has 2 aliphatic heterocycles. The minimum atomic E-state index is -0.239. The normalized spacial score (nSPS) is 32.7. The second-order valence-electron chi connectivity index (χ2n) is 4.39. The number of ether oxygens (including phenoxy) is 2. The zero-order valence-electron chi connectivity index (χ0n) is 9.40. The maximum Gasteiger partial charge on any atom is 0.334 e. The maximum atomic E-state index is 11.4. The van der Waals surface area contributed by atoms with Crippen molar-refractivity contribution in [2.45, 2.75) is 38.7 Å². The van der Waals surface area contributed by atoms with Crippen molar-refractivity contribution in [3.63, 3.8) is 0 Å². The number of cyclic esters (lactones) is 2. The molecule has 0 radical (unpaired) electrons. The van der Waals surface area contributed by atoms with Gasteiger partial charge in [0, 0.05) is 12.0 Å². The number of hydrogen-bond donors (Lipinski definition) is 0. The van der Waals surface area contributed by atoms with Crippen LogP contribution in [0.2, 0.25) is 0 Å². The third-order valence-electron chi connectivity index (χ3n) is 3.00. The van der Waals surface area contributed by atoms with Gasteiger partial charge >= 0.3 is 11.9 Å². The van der Waals surface area contributed by atoms with Crippen molar-refractivity contribution in [1.29, 1.82) is 0 Å². The third kappa shape index (κ3) is 2.43. The number of hydrogen-bond acceptors (Lipinski definition) is 4. The fourth-order valence-corrected chi connectivity index (χ4v) is 2.10. The molecule has 0 N–H and O–H groups in total. The van der Waals surface area contributed by atoms with Crippen LogP contribution in [0.3, 0.4) is 0 Å². The third-order valence-corrected chi connectivity index (χ3v) is 3.00. The molecule has 0 amide bonds. The summed E-state index contributed by atoms with van der Waals surface area (Å²) in [5.41, 5.74) is 0.700. The minimum Gasteiger partial charge on any atom is -0.465 e. The first-order chi connectivity index (χ1) is 7.66. The smallest absolute Gasteiger partial charge is 0.334 e. The van der Waals surface area contributed by atoms with Crippen LogP contribution in [0.25, 0.3) is 0 Å². The maximum absolute atomic E-state index is 11.4. The summed E-state index contributed by atoms with van der Waals surface area (Å²) in [6.45, 7) is 2.40. The van der Waals surface area contributed by atoms with Gasteiger partial charge in [0.05, 0.1) is 12.5 Å². The van der Waals surface area contributed by atoms with Gasteiger partial charge in [0.2, 0.25) is 0 Å². The Bertz CT molecular complexity index is 332. The van der Waals surface area contributed by atoms with Crippen molar-refractivity contribution in [3.05, 3.63) is 11.6 Å². The second-order valence-corrected chi connectivity index (χ2v) is 4.39. The molecular weight excluding hydrogens is 208 g/mol. The molecule has 2 saturated heterocycles. The van der Waals surface area contributed by atoms with Crippen molar-refractivity contribution in [2.24, 2.45) is 5.92 Å². The van der Waals surface area contributed by atoms with Crippen LogP contribution in [0.4, 0.5) is 0 Å². The van der Waals surface area contributed by atoms with Gasteiger partial charge in [-0.1, -0.05) is 6.08 Å². The Labute approximate surface area is 94.6 Å². The summed E-state index contributed by atoms with van der Waals surface area (Å²) in [5.74, 6) is -0.454. The predicted octanol–water partition coefficient (Wildman–Crippen LogP) is 1.59. The van der Waals surface area contributed by atoms with E-state index in [-0.39, 0.29) is 24.0 Å².